The highest BCUT2D eigenvalue weighted by molar-refractivity contribution is 5.88. The van der Waals surface area contributed by atoms with Crippen LogP contribution in [0.15, 0.2) is 0 Å². The van der Waals surface area contributed by atoms with E-state index in [0.29, 0.717) is 35.2 Å². The Bertz CT molecular complexity index is 496. The predicted octanol–water partition coefficient (Wildman–Crippen LogP) is 4.17. The van der Waals surface area contributed by atoms with Gasteiger partial charge in [-0.3, -0.25) is 9.59 Å². The number of rotatable bonds is 0. The molecule has 116 valence electrons. The first-order valence-electron chi connectivity index (χ1n) is 9.03. The second-order valence-electron chi connectivity index (χ2n) is 8.77. The van der Waals surface area contributed by atoms with Crippen molar-refractivity contribution in [3.63, 3.8) is 0 Å². The molecular formula is C19H28O2. The standard InChI is InChI=1S/C19H28O2/c1-18-9-4-3-5-15(18)16(20)11-12-13-6-7-17(21)19(13,2)10-8-14(12)18/h12-15H,3-11H2,1-2H3/t12-,13+,14-,15-,18-,19+/m1/s1. The Morgan fingerprint density at radius 2 is 1.76 bits per heavy atom. The van der Waals surface area contributed by atoms with Crippen LogP contribution >= 0.6 is 0 Å². The third-order valence-electron chi connectivity index (χ3n) is 8.07. The van der Waals surface area contributed by atoms with Crippen LogP contribution < -0.4 is 0 Å². The van der Waals surface area contributed by atoms with E-state index in [-0.39, 0.29) is 10.8 Å². The summed E-state index contributed by atoms with van der Waals surface area (Å²) in [6, 6.07) is 0. The summed E-state index contributed by atoms with van der Waals surface area (Å²) in [4.78, 5) is 25.1. The molecule has 0 aromatic rings. The Hall–Kier alpha value is -0.660. The topological polar surface area (TPSA) is 34.1 Å². The number of hydrogen-bond acceptors (Lipinski definition) is 2. The second kappa shape index (κ2) is 4.43. The molecule has 0 unspecified atom stereocenters. The Morgan fingerprint density at radius 1 is 0.952 bits per heavy atom. The third kappa shape index (κ3) is 1.71. The van der Waals surface area contributed by atoms with Gasteiger partial charge in [0.15, 0.2) is 0 Å². The second-order valence-corrected chi connectivity index (χ2v) is 8.77. The lowest BCUT2D eigenvalue weighted by atomic mass is 9.45. The first kappa shape index (κ1) is 14.0. The van der Waals surface area contributed by atoms with Crippen molar-refractivity contribution in [3.05, 3.63) is 0 Å². The lowest BCUT2D eigenvalue weighted by Gasteiger charge is -2.58. The average Bonchev–Trinajstić information content (AvgIpc) is 2.75. The molecule has 0 heterocycles. The van der Waals surface area contributed by atoms with Gasteiger partial charge in [0.2, 0.25) is 0 Å². The molecule has 4 fully saturated rings. The fourth-order valence-electron chi connectivity index (χ4n) is 6.87. The summed E-state index contributed by atoms with van der Waals surface area (Å²) >= 11 is 0. The molecule has 21 heavy (non-hydrogen) atoms. The predicted molar refractivity (Wildman–Crippen MR) is 81.7 cm³/mol. The van der Waals surface area contributed by atoms with Crippen molar-refractivity contribution in [1.82, 2.24) is 0 Å². The van der Waals surface area contributed by atoms with Gasteiger partial charge in [0.05, 0.1) is 0 Å². The first-order valence-corrected chi connectivity index (χ1v) is 9.03. The van der Waals surface area contributed by atoms with Crippen LogP contribution in [0.2, 0.25) is 0 Å². The van der Waals surface area contributed by atoms with Crippen LogP contribution in [0, 0.1) is 34.5 Å². The quantitative estimate of drug-likeness (QED) is 0.670. The van der Waals surface area contributed by atoms with Crippen LogP contribution in [0.4, 0.5) is 0 Å². The van der Waals surface area contributed by atoms with Crippen LogP contribution in [0.5, 0.6) is 0 Å². The molecule has 4 aliphatic carbocycles. The summed E-state index contributed by atoms with van der Waals surface area (Å²) in [6.45, 7) is 4.61. The lowest BCUT2D eigenvalue weighted by molar-refractivity contribution is -0.155. The summed E-state index contributed by atoms with van der Waals surface area (Å²) in [5, 5.41) is 0. The van der Waals surface area contributed by atoms with E-state index in [9.17, 15) is 9.59 Å². The van der Waals surface area contributed by atoms with Gasteiger partial charge in [0, 0.05) is 24.2 Å². The summed E-state index contributed by atoms with van der Waals surface area (Å²) in [7, 11) is 0. The minimum Gasteiger partial charge on any atom is -0.299 e. The fourth-order valence-corrected chi connectivity index (χ4v) is 6.87. The van der Waals surface area contributed by atoms with E-state index in [1.807, 2.05) is 0 Å². The van der Waals surface area contributed by atoms with Gasteiger partial charge in [-0.2, -0.15) is 0 Å². The zero-order valence-corrected chi connectivity index (χ0v) is 13.5. The minimum atomic E-state index is -0.0979. The number of hydrogen-bond donors (Lipinski definition) is 0. The monoisotopic (exact) mass is 288 g/mol. The Labute approximate surface area is 128 Å². The Morgan fingerprint density at radius 3 is 2.57 bits per heavy atom. The molecule has 0 spiro atoms. The van der Waals surface area contributed by atoms with Crippen molar-refractivity contribution in [2.75, 3.05) is 0 Å². The third-order valence-corrected chi connectivity index (χ3v) is 8.07. The Balaban J connectivity index is 1.71. The van der Waals surface area contributed by atoms with Gasteiger partial charge in [-0.05, 0) is 55.3 Å². The molecule has 4 saturated carbocycles. The zero-order valence-electron chi connectivity index (χ0n) is 13.5. The minimum absolute atomic E-state index is 0.0979. The molecule has 6 atom stereocenters. The number of carbonyl (C=O) groups is 2. The maximum absolute atomic E-state index is 12.8. The number of ketones is 2. The van der Waals surface area contributed by atoms with Gasteiger partial charge in [0.1, 0.15) is 11.6 Å². The van der Waals surface area contributed by atoms with Crippen LogP contribution in [0.3, 0.4) is 0 Å². The van der Waals surface area contributed by atoms with Crippen LogP contribution in [-0.4, -0.2) is 11.6 Å². The number of carbonyl (C=O) groups excluding carboxylic acids is 2. The number of Topliss-reactive ketones (excluding diaryl/α,β-unsaturated/α-hetero) is 2. The van der Waals surface area contributed by atoms with Crippen molar-refractivity contribution in [1.29, 1.82) is 0 Å². The molecule has 0 N–H and O–H groups in total. The first-order chi connectivity index (χ1) is 9.97. The van der Waals surface area contributed by atoms with Gasteiger partial charge in [-0.15, -0.1) is 0 Å². The smallest absolute Gasteiger partial charge is 0.139 e. The molecule has 0 aromatic heterocycles. The molecule has 0 radical (unpaired) electrons. The maximum Gasteiger partial charge on any atom is 0.139 e. The van der Waals surface area contributed by atoms with E-state index in [1.165, 1.54) is 25.7 Å². The van der Waals surface area contributed by atoms with Crippen molar-refractivity contribution in [2.24, 2.45) is 34.5 Å². The van der Waals surface area contributed by atoms with Gasteiger partial charge in [-0.25, -0.2) is 0 Å². The van der Waals surface area contributed by atoms with Crippen molar-refractivity contribution >= 4 is 11.6 Å². The maximum atomic E-state index is 12.8. The zero-order chi connectivity index (χ0) is 14.8. The average molecular weight is 288 g/mol. The van der Waals surface area contributed by atoms with Crippen molar-refractivity contribution in [3.8, 4) is 0 Å². The SMILES string of the molecule is C[C@]12CCCC[C@@H]1C(=O)C[C@H]1[C@H]2CC[C@]2(C)C(=O)CC[C@@H]12. The normalized spacial score (nSPS) is 53.0. The van der Waals surface area contributed by atoms with Crippen LogP contribution in [-0.2, 0) is 9.59 Å². The molecule has 2 heteroatoms. The highest BCUT2D eigenvalue weighted by Crippen LogP contribution is 2.64. The van der Waals surface area contributed by atoms with E-state index in [1.54, 1.807) is 0 Å². The lowest BCUT2D eigenvalue weighted by Crippen LogP contribution is -2.55. The van der Waals surface area contributed by atoms with Gasteiger partial charge in [0.25, 0.3) is 0 Å². The fraction of sp³-hybridized carbons (Fsp3) is 0.895. The van der Waals surface area contributed by atoms with E-state index in [4.69, 9.17) is 0 Å². The molecule has 0 aromatic carbocycles. The van der Waals surface area contributed by atoms with E-state index >= 15 is 0 Å². The van der Waals surface area contributed by atoms with Crippen LogP contribution in [0.1, 0.15) is 71.6 Å². The van der Waals surface area contributed by atoms with Gasteiger partial charge >= 0.3 is 0 Å². The molecule has 0 amide bonds. The number of fused-ring (bicyclic) bond motifs is 5. The van der Waals surface area contributed by atoms with E-state index < -0.39 is 0 Å². The van der Waals surface area contributed by atoms with Crippen molar-refractivity contribution < 1.29 is 9.59 Å². The summed E-state index contributed by atoms with van der Waals surface area (Å²) < 4.78 is 0. The molecule has 4 rings (SSSR count). The van der Waals surface area contributed by atoms with Gasteiger partial charge in [-0.1, -0.05) is 26.7 Å². The molecule has 0 saturated heterocycles. The van der Waals surface area contributed by atoms with Crippen molar-refractivity contribution in [2.45, 2.75) is 71.6 Å². The van der Waals surface area contributed by atoms with E-state index in [0.717, 1.165) is 32.1 Å². The molecule has 4 aliphatic rings. The molecular weight excluding hydrogens is 260 g/mol. The van der Waals surface area contributed by atoms with Gasteiger partial charge < -0.3 is 0 Å². The highest BCUT2D eigenvalue weighted by atomic mass is 16.1. The summed E-state index contributed by atoms with van der Waals surface area (Å²) in [6.07, 6.45) is 9.74. The van der Waals surface area contributed by atoms with Crippen LogP contribution in [0.25, 0.3) is 0 Å². The highest BCUT2D eigenvalue weighted by Gasteiger charge is 2.61. The largest absolute Gasteiger partial charge is 0.299 e. The molecule has 0 bridgehead atoms. The molecule has 0 aliphatic heterocycles. The van der Waals surface area contributed by atoms with E-state index in [2.05, 4.69) is 13.8 Å². The molecule has 2 nitrogen and oxygen atoms in total. The Kier molecular flexibility index (Phi) is 2.94. The summed E-state index contributed by atoms with van der Waals surface area (Å²) in [5.41, 5.74) is 0.143. The summed E-state index contributed by atoms with van der Waals surface area (Å²) in [5.74, 6) is 3.03.